The van der Waals surface area contributed by atoms with Crippen molar-refractivity contribution in [3.63, 3.8) is 0 Å². The maximum Gasteiger partial charge on any atom is 0.510 e. The van der Waals surface area contributed by atoms with Crippen LogP contribution in [0.4, 0.5) is 4.79 Å². The van der Waals surface area contributed by atoms with E-state index >= 15 is 0 Å². The molecule has 0 aromatic carbocycles. The number of carbonyl (C=O) groups excluding carboxylic acids is 2. The van der Waals surface area contributed by atoms with Gasteiger partial charge in [0.25, 0.3) is 0 Å². The number of hydrogen-bond donors (Lipinski definition) is 0. The predicted octanol–water partition coefficient (Wildman–Crippen LogP) is 1.29. The number of methoxy groups -OCH3 is 1. The van der Waals surface area contributed by atoms with Crippen molar-refractivity contribution in [3.05, 3.63) is 0 Å². The highest BCUT2D eigenvalue weighted by Crippen LogP contribution is 2.12. The number of esters is 1. The zero-order valence-electron chi connectivity index (χ0n) is 7.63. The van der Waals surface area contributed by atoms with Gasteiger partial charge >= 0.3 is 12.1 Å². The summed E-state index contributed by atoms with van der Waals surface area (Å²) >= 11 is 5.10. The third-order valence-corrected chi connectivity index (χ3v) is 1.30. The molecule has 5 nitrogen and oxygen atoms in total. The second kappa shape index (κ2) is 4.91. The lowest BCUT2D eigenvalue weighted by Gasteiger charge is -2.20. The second-order valence-corrected chi connectivity index (χ2v) is 2.83. The van der Waals surface area contributed by atoms with E-state index in [1.165, 1.54) is 21.0 Å². The molecule has 13 heavy (non-hydrogen) atoms. The average molecular weight is 211 g/mol. The molecule has 0 N–H and O–H groups in total. The fourth-order valence-electron chi connectivity index (χ4n) is 0.570. The molecule has 0 heterocycles. The third kappa shape index (κ3) is 3.98. The van der Waals surface area contributed by atoms with Crippen molar-refractivity contribution in [2.75, 3.05) is 13.2 Å². The quantitative estimate of drug-likeness (QED) is 0.519. The lowest BCUT2D eigenvalue weighted by molar-refractivity contribution is -0.160. The van der Waals surface area contributed by atoms with E-state index in [1.807, 2.05) is 0 Å². The first-order valence-corrected chi connectivity index (χ1v) is 3.97. The largest absolute Gasteiger partial charge is 0.510 e. The highest BCUT2D eigenvalue weighted by Gasteiger charge is 2.33. The van der Waals surface area contributed by atoms with Crippen LogP contribution in [0.3, 0.4) is 0 Å². The van der Waals surface area contributed by atoms with Gasteiger partial charge in [-0.15, -0.1) is 0 Å². The van der Waals surface area contributed by atoms with Crippen molar-refractivity contribution in [2.24, 2.45) is 0 Å². The van der Waals surface area contributed by atoms with Gasteiger partial charge in [-0.3, -0.25) is 0 Å². The maximum atomic E-state index is 11.0. The summed E-state index contributed by atoms with van der Waals surface area (Å²) in [6, 6.07) is -0.323. The minimum absolute atomic E-state index is 0.323. The third-order valence-electron chi connectivity index (χ3n) is 1.19. The van der Waals surface area contributed by atoms with Crippen LogP contribution in [0.25, 0.3) is 0 Å². The molecule has 0 unspecified atom stereocenters. The predicted molar refractivity (Wildman–Crippen MR) is 44.4 cm³/mol. The fourth-order valence-corrected chi connectivity index (χ4v) is 0.659. The Hall–Kier alpha value is -0.970. The molecule has 0 fully saturated rings. The van der Waals surface area contributed by atoms with E-state index in [9.17, 15) is 9.59 Å². The number of carbonyl (C=O) groups is 2. The molecule has 0 rings (SSSR count). The number of ether oxygens (including phenoxy) is 3. The summed E-state index contributed by atoms with van der Waals surface area (Å²) in [5.74, 6) is -0.668. The number of rotatable bonds is 3. The molecule has 0 amide bonds. The summed E-state index contributed by atoms with van der Waals surface area (Å²) in [5.41, 5.74) is -1.36. The molecule has 0 saturated carbocycles. The zero-order chi connectivity index (χ0) is 10.5. The van der Waals surface area contributed by atoms with Gasteiger partial charge in [0.05, 0.1) is 7.11 Å². The smallest absolute Gasteiger partial charge is 0.466 e. The molecule has 0 radical (unpaired) electrons. The van der Waals surface area contributed by atoms with E-state index in [0.717, 1.165) is 0 Å². The monoisotopic (exact) mass is 210 g/mol. The standard InChI is InChI=1S/C7H11ClO5/c1-7(2,5(9)11-3)13-6(10)12-4-8/h4H2,1-3H3. The van der Waals surface area contributed by atoms with Gasteiger partial charge in [0.2, 0.25) is 5.60 Å². The molecule has 0 atom stereocenters. The summed E-state index contributed by atoms with van der Waals surface area (Å²) < 4.78 is 13.3. The van der Waals surface area contributed by atoms with Crippen LogP contribution in [-0.2, 0) is 19.0 Å². The van der Waals surface area contributed by atoms with Gasteiger partial charge in [0, 0.05) is 0 Å². The van der Waals surface area contributed by atoms with Crippen LogP contribution < -0.4 is 0 Å². The lowest BCUT2D eigenvalue weighted by atomic mass is 10.1. The van der Waals surface area contributed by atoms with Crippen molar-refractivity contribution in [3.8, 4) is 0 Å². The van der Waals surface area contributed by atoms with Gasteiger partial charge in [-0.05, 0) is 13.8 Å². The van der Waals surface area contributed by atoms with E-state index in [-0.39, 0.29) is 6.07 Å². The number of halogens is 1. The van der Waals surface area contributed by atoms with E-state index in [2.05, 4.69) is 14.2 Å². The van der Waals surface area contributed by atoms with Gasteiger partial charge in [0.1, 0.15) is 0 Å². The van der Waals surface area contributed by atoms with E-state index in [4.69, 9.17) is 11.6 Å². The molecule has 0 spiro atoms. The fraction of sp³-hybridized carbons (Fsp3) is 0.714. The Morgan fingerprint density at radius 2 is 1.92 bits per heavy atom. The average Bonchev–Trinajstić information content (AvgIpc) is 2.02. The first-order valence-electron chi connectivity index (χ1n) is 3.44. The van der Waals surface area contributed by atoms with Gasteiger partial charge in [-0.2, -0.15) is 0 Å². The van der Waals surface area contributed by atoms with Crippen molar-refractivity contribution >= 4 is 23.7 Å². The summed E-state index contributed by atoms with van der Waals surface area (Å²) in [6.07, 6.45) is -1.01. The molecule has 76 valence electrons. The molecule has 0 aromatic rings. The van der Waals surface area contributed by atoms with Gasteiger partial charge in [0.15, 0.2) is 6.07 Å². The lowest BCUT2D eigenvalue weighted by Crippen LogP contribution is -2.38. The first-order chi connectivity index (χ1) is 5.94. The Bertz CT molecular complexity index is 201. The highest BCUT2D eigenvalue weighted by molar-refractivity contribution is 6.17. The van der Waals surface area contributed by atoms with Crippen LogP contribution >= 0.6 is 11.6 Å². The Morgan fingerprint density at radius 3 is 2.31 bits per heavy atom. The van der Waals surface area contributed by atoms with Gasteiger partial charge in [-0.1, -0.05) is 11.6 Å². The molecule has 0 bridgehead atoms. The van der Waals surface area contributed by atoms with Gasteiger partial charge < -0.3 is 14.2 Å². The SMILES string of the molecule is COC(=O)C(C)(C)OC(=O)OCCl. The number of hydrogen-bond acceptors (Lipinski definition) is 5. The molecule has 0 saturated heterocycles. The Morgan fingerprint density at radius 1 is 1.38 bits per heavy atom. The molecular formula is C7H11ClO5. The normalized spacial score (nSPS) is 10.5. The van der Waals surface area contributed by atoms with Crippen molar-refractivity contribution in [1.82, 2.24) is 0 Å². The van der Waals surface area contributed by atoms with Gasteiger partial charge in [-0.25, -0.2) is 9.59 Å². The van der Waals surface area contributed by atoms with Crippen LogP contribution in [0.15, 0.2) is 0 Å². The molecule has 0 aliphatic rings. The van der Waals surface area contributed by atoms with E-state index < -0.39 is 17.7 Å². The van der Waals surface area contributed by atoms with Crippen LogP contribution in [0.2, 0.25) is 0 Å². The summed E-state index contributed by atoms with van der Waals surface area (Å²) in [6.45, 7) is 2.77. The molecule has 6 heteroatoms. The van der Waals surface area contributed by atoms with Crippen molar-refractivity contribution < 1.29 is 23.8 Å². The molecule has 0 aliphatic heterocycles. The number of alkyl halides is 1. The topological polar surface area (TPSA) is 61.8 Å². The second-order valence-electron chi connectivity index (χ2n) is 2.61. The van der Waals surface area contributed by atoms with Crippen molar-refractivity contribution in [2.45, 2.75) is 19.4 Å². The van der Waals surface area contributed by atoms with Crippen LogP contribution in [0, 0.1) is 0 Å². The van der Waals surface area contributed by atoms with Crippen LogP contribution in [0.1, 0.15) is 13.8 Å². The Kier molecular flexibility index (Phi) is 4.55. The first kappa shape index (κ1) is 12.0. The van der Waals surface area contributed by atoms with Crippen LogP contribution in [-0.4, -0.2) is 30.9 Å². The highest BCUT2D eigenvalue weighted by atomic mass is 35.5. The summed E-state index contributed by atoms with van der Waals surface area (Å²) in [7, 11) is 1.19. The minimum atomic E-state index is -1.36. The van der Waals surface area contributed by atoms with Crippen molar-refractivity contribution in [1.29, 1.82) is 0 Å². The Balaban J connectivity index is 4.16. The minimum Gasteiger partial charge on any atom is -0.466 e. The Labute approximate surface area is 80.9 Å². The zero-order valence-corrected chi connectivity index (χ0v) is 8.38. The maximum absolute atomic E-state index is 11.0. The van der Waals surface area contributed by atoms with E-state index in [1.54, 1.807) is 0 Å². The molecule has 0 aromatic heterocycles. The molecular weight excluding hydrogens is 200 g/mol. The summed E-state index contributed by atoms with van der Waals surface area (Å²) in [5, 5.41) is 0. The van der Waals surface area contributed by atoms with Crippen LogP contribution in [0.5, 0.6) is 0 Å². The molecule has 0 aliphatic carbocycles. The van der Waals surface area contributed by atoms with E-state index in [0.29, 0.717) is 0 Å². The summed E-state index contributed by atoms with van der Waals surface area (Å²) in [4.78, 5) is 21.7.